The summed E-state index contributed by atoms with van der Waals surface area (Å²) < 4.78 is 4.71. The second-order valence-electron chi connectivity index (χ2n) is 2.04. The predicted octanol–water partition coefficient (Wildman–Crippen LogP) is 0.315. The first-order valence-corrected chi connectivity index (χ1v) is 3.34. The van der Waals surface area contributed by atoms with Crippen molar-refractivity contribution in [2.24, 2.45) is 0 Å². The predicted molar refractivity (Wildman–Crippen MR) is 39.5 cm³/mol. The summed E-state index contributed by atoms with van der Waals surface area (Å²) in [6.07, 6.45) is 0. The van der Waals surface area contributed by atoms with Gasteiger partial charge in [-0.15, -0.1) is 0 Å². The van der Waals surface area contributed by atoms with E-state index < -0.39 is 0 Å². The van der Waals surface area contributed by atoms with Crippen LogP contribution < -0.4 is 0 Å². The Kier molecular flexibility index (Phi) is 4.94. The van der Waals surface area contributed by atoms with E-state index in [-0.39, 0.29) is 5.97 Å². The lowest BCUT2D eigenvalue weighted by atomic mass is 10.5. The number of likely N-dealkylation sites (N-methyl/N-ethyl adjacent to an activating group) is 1. The minimum atomic E-state index is -0.186. The Hall–Kier alpha value is -0.570. The van der Waals surface area contributed by atoms with E-state index in [1.54, 1.807) is 11.8 Å². The van der Waals surface area contributed by atoms with Crippen LogP contribution in [0.5, 0.6) is 0 Å². The van der Waals surface area contributed by atoms with E-state index in [4.69, 9.17) is 4.74 Å². The van der Waals surface area contributed by atoms with Crippen molar-refractivity contribution in [2.45, 2.75) is 6.92 Å². The van der Waals surface area contributed by atoms with Crippen molar-refractivity contribution in [2.75, 3.05) is 26.7 Å². The Morgan fingerprint density at radius 3 is 2.70 bits per heavy atom. The highest BCUT2D eigenvalue weighted by molar-refractivity contribution is 5.71. The van der Waals surface area contributed by atoms with Crippen LogP contribution in [0.3, 0.4) is 0 Å². The Bertz CT molecular complexity index is 104. The van der Waals surface area contributed by atoms with Gasteiger partial charge in [0.05, 0.1) is 13.2 Å². The van der Waals surface area contributed by atoms with Gasteiger partial charge in [-0.25, -0.2) is 0 Å². The fourth-order valence-corrected chi connectivity index (χ4v) is 0.506. The number of ether oxygens (including phenoxy) is 1. The van der Waals surface area contributed by atoms with Crippen LogP contribution in [0, 0.1) is 6.92 Å². The summed E-state index contributed by atoms with van der Waals surface area (Å²) in [5.74, 6) is -0.186. The molecule has 10 heavy (non-hydrogen) atoms. The van der Waals surface area contributed by atoms with Crippen LogP contribution in [0.15, 0.2) is 0 Å². The number of esters is 1. The molecule has 0 aliphatic heterocycles. The van der Waals surface area contributed by atoms with E-state index in [0.717, 1.165) is 0 Å². The Morgan fingerprint density at radius 1 is 1.70 bits per heavy atom. The van der Waals surface area contributed by atoms with Crippen molar-refractivity contribution in [3.8, 4) is 0 Å². The van der Waals surface area contributed by atoms with Gasteiger partial charge in [0.1, 0.15) is 0 Å². The van der Waals surface area contributed by atoms with Crippen LogP contribution in [-0.2, 0) is 9.53 Å². The molecule has 0 aliphatic rings. The number of carbonyl (C=O) groups is 1. The van der Waals surface area contributed by atoms with E-state index in [1.165, 1.54) is 0 Å². The molecule has 1 radical (unpaired) electrons. The summed E-state index contributed by atoms with van der Waals surface area (Å²) in [6.45, 7) is 6.81. The van der Waals surface area contributed by atoms with Crippen molar-refractivity contribution >= 4 is 5.97 Å². The van der Waals surface area contributed by atoms with Gasteiger partial charge in [-0.3, -0.25) is 9.69 Å². The van der Waals surface area contributed by atoms with Gasteiger partial charge in [0.25, 0.3) is 0 Å². The van der Waals surface area contributed by atoms with Gasteiger partial charge < -0.3 is 4.74 Å². The standard InChI is InChI=1S/C7H14NO2/c1-4-8(3)6-7(9)10-5-2/h1,4-6H2,2-3H3. The van der Waals surface area contributed by atoms with Crippen molar-refractivity contribution in [1.82, 2.24) is 4.90 Å². The summed E-state index contributed by atoms with van der Waals surface area (Å²) in [6, 6.07) is 0. The maximum absolute atomic E-state index is 10.7. The fourth-order valence-electron chi connectivity index (χ4n) is 0.506. The van der Waals surface area contributed by atoms with E-state index >= 15 is 0 Å². The number of carbonyl (C=O) groups excluding carboxylic acids is 1. The fraction of sp³-hybridized carbons (Fsp3) is 0.714. The van der Waals surface area contributed by atoms with E-state index in [9.17, 15) is 4.79 Å². The molecule has 0 aliphatic carbocycles. The number of nitrogens with zero attached hydrogens (tertiary/aromatic N) is 1. The summed E-state index contributed by atoms with van der Waals surface area (Å²) >= 11 is 0. The molecule has 0 N–H and O–H groups in total. The van der Waals surface area contributed by atoms with Crippen molar-refractivity contribution in [3.05, 3.63) is 6.92 Å². The first-order valence-electron chi connectivity index (χ1n) is 3.34. The molecule has 3 heteroatoms. The molecule has 0 rings (SSSR count). The molecular weight excluding hydrogens is 130 g/mol. The molecule has 0 atom stereocenters. The quantitative estimate of drug-likeness (QED) is 0.532. The zero-order valence-corrected chi connectivity index (χ0v) is 6.59. The van der Waals surface area contributed by atoms with Gasteiger partial charge in [0, 0.05) is 0 Å². The third-order valence-corrected chi connectivity index (χ3v) is 1.09. The lowest BCUT2D eigenvalue weighted by molar-refractivity contribution is -0.143. The lowest BCUT2D eigenvalue weighted by Gasteiger charge is -2.11. The average Bonchev–Trinajstić information content (AvgIpc) is 1.88. The zero-order valence-electron chi connectivity index (χ0n) is 6.59. The van der Waals surface area contributed by atoms with Gasteiger partial charge in [0.15, 0.2) is 0 Å². The van der Waals surface area contributed by atoms with E-state index in [0.29, 0.717) is 19.7 Å². The lowest BCUT2D eigenvalue weighted by Crippen LogP contribution is -2.27. The minimum absolute atomic E-state index is 0.186. The molecule has 0 saturated heterocycles. The molecule has 0 amide bonds. The smallest absolute Gasteiger partial charge is 0.320 e. The molecule has 0 fully saturated rings. The van der Waals surface area contributed by atoms with Crippen molar-refractivity contribution in [1.29, 1.82) is 0 Å². The Morgan fingerprint density at radius 2 is 2.30 bits per heavy atom. The summed E-state index contributed by atoms with van der Waals surface area (Å²) in [7, 11) is 1.82. The molecule has 0 saturated carbocycles. The molecular formula is C7H14NO2. The van der Waals surface area contributed by atoms with Gasteiger partial charge in [-0.05, 0) is 27.4 Å². The summed E-state index contributed by atoms with van der Waals surface area (Å²) in [5, 5.41) is 0. The highest BCUT2D eigenvalue weighted by atomic mass is 16.5. The third-order valence-electron chi connectivity index (χ3n) is 1.09. The van der Waals surface area contributed by atoms with Gasteiger partial charge >= 0.3 is 5.97 Å². The number of rotatable bonds is 4. The zero-order chi connectivity index (χ0) is 7.98. The highest BCUT2D eigenvalue weighted by Gasteiger charge is 2.03. The van der Waals surface area contributed by atoms with Gasteiger partial charge in [0.2, 0.25) is 0 Å². The molecule has 0 unspecified atom stereocenters. The van der Waals surface area contributed by atoms with Crippen molar-refractivity contribution < 1.29 is 9.53 Å². The topological polar surface area (TPSA) is 29.5 Å². The van der Waals surface area contributed by atoms with Crippen LogP contribution >= 0.6 is 0 Å². The third kappa shape index (κ3) is 4.32. The molecule has 0 aromatic carbocycles. The first kappa shape index (κ1) is 9.43. The van der Waals surface area contributed by atoms with Crippen LogP contribution in [0.25, 0.3) is 0 Å². The second-order valence-corrected chi connectivity index (χ2v) is 2.04. The maximum Gasteiger partial charge on any atom is 0.320 e. The van der Waals surface area contributed by atoms with Crippen LogP contribution in [-0.4, -0.2) is 37.6 Å². The summed E-state index contributed by atoms with van der Waals surface area (Å²) in [5.41, 5.74) is 0. The molecule has 0 aromatic rings. The van der Waals surface area contributed by atoms with E-state index in [1.807, 2.05) is 7.05 Å². The first-order chi connectivity index (χ1) is 4.70. The molecule has 59 valence electrons. The van der Waals surface area contributed by atoms with Crippen LogP contribution in [0.2, 0.25) is 0 Å². The summed E-state index contributed by atoms with van der Waals surface area (Å²) in [4.78, 5) is 12.5. The van der Waals surface area contributed by atoms with Gasteiger partial charge in [-0.1, -0.05) is 0 Å². The van der Waals surface area contributed by atoms with E-state index in [2.05, 4.69) is 6.92 Å². The largest absolute Gasteiger partial charge is 0.465 e. The number of hydrogen-bond donors (Lipinski definition) is 0. The maximum atomic E-state index is 10.7. The molecule has 0 spiro atoms. The average molecular weight is 144 g/mol. The molecule has 0 heterocycles. The Balaban J connectivity index is 3.37. The molecule has 0 bridgehead atoms. The van der Waals surface area contributed by atoms with Gasteiger partial charge in [-0.2, -0.15) is 0 Å². The second kappa shape index (κ2) is 5.23. The monoisotopic (exact) mass is 144 g/mol. The molecule has 0 aromatic heterocycles. The minimum Gasteiger partial charge on any atom is -0.465 e. The number of hydrogen-bond acceptors (Lipinski definition) is 3. The van der Waals surface area contributed by atoms with Crippen molar-refractivity contribution in [3.63, 3.8) is 0 Å². The highest BCUT2D eigenvalue weighted by Crippen LogP contribution is 1.83. The van der Waals surface area contributed by atoms with Crippen LogP contribution in [0.4, 0.5) is 0 Å². The SMILES string of the molecule is [CH2]CN(C)CC(=O)OCC. The normalized spacial score (nSPS) is 10.0. The Labute approximate surface area is 62.0 Å². The van der Waals surface area contributed by atoms with Crippen LogP contribution in [0.1, 0.15) is 6.92 Å². The molecule has 3 nitrogen and oxygen atoms in total.